The van der Waals surface area contributed by atoms with E-state index in [9.17, 15) is 14.7 Å². The molecule has 1 aliphatic heterocycles. The van der Waals surface area contributed by atoms with Crippen molar-refractivity contribution in [2.75, 3.05) is 19.8 Å². The van der Waals surface area contributed by atoms with Gasteiger partial charge in [0.2, 0.25) is 0 Å². The first-order valence-electron chi connectivity index (χ1n) is 5.47. The van der Waals surface area contributed by atoms with E-state index in [-0.39, 0.29) is 12.4 Å². The molecular weight excluding hydrogens is 242 g/mol. The van der Waals surface area contributed by atoms with Gasteiger partial charge in [0.1, 0.15) is 0 Å². The van der Waals surface area contributed by atoms with Gasteiger partial charge in [0.25, 0.3) is 11.7 Å². The lowest BCUT2D eigenvalue weighted by molar-refractivity contribution is -0.154. The quantitative estimate of drug-likeness (QED) is 0.616. The van der Waals surface area contributed by atoms with Crippen LogP contribution in [0.3, 0.4) is 0 Å². The Bertz CT molecular complexity index is 426. The number of carbonyl (C=O) groups excluding carboxylic acids is 1. The van der Waals surface area contributed by atoms with Gasteiger partial charge >= 0.3 is 5.97 Å². The van der Waals surface area contributed by atoms with Crippen molar-refractivity contribution < 1.29 is 19.4 Å². The molecule has 9 nitrogen and oxygen atoms in total. The Morgan fingerprint density at radius 1 is 1.44 bits per heavy atom. The fourth-order valence-corrected chi connectivity index (χ4v) is 1.81. The number of amides is 1. The molecule has 0 radical (unpaired) electrons. The minimum atomic E-state index is -0.975. The summed E-state index contributed by atoms with van der Waals surface area (Å²) in [4.78, 5) is 22.9. The molecule has 2 heterocycles. The molecule has 1 fully saturated rings. The number of aromatic nitrogens is 4. The number of nitrogens with zero attached hydrogens (tertiary/aromatic N) is 3. The molecule has 3 N–H and O–H groups in total. The lowest BCUT2D eigenvalue weighted by Crippen LogP contribution is -2.46. The molecule has 1 amide bonds. The second-order valence-electron chi connectivity index (χ2n) is 4.12. The van der Waals surface area contributed by atoms with Crippen molar-refractivity contribution in [1.82, 2.24) is 25.9 Å². The largest absolute Gasteiger partial charge is 0.481 e. The van der Waals surface area contributed by atoms with E-state index in [1.165, 1.54) is 0 Å². The van der Waals surface area contributed by atoms with Crippen molar-refractivity contribution in [2.45, 2.75) is 12.8 Å². The highest BCUT2D eigenvalue weighted by Gasteiger charge is 2.40. The van der Waals surface area contributed by atoms with E-state index >= 15 is 0 Å². The van der Waals surface area contributed by atoms with Crippen LogP contribution in [-0.2, 0) is 9.53 Å². The Hall–Kier alpha value is -2.03. The predicted octanol–water partition coefficient (Wildman–Crippen LogP) is -1.19. The summed E-state index contributed by atoms with van der Waals surface area (Å²) in [5.41, 5.74) is -0.975. The molecule has 0 aromatic carbocycles. The van der Waals surface area contributed by atoms with Crippen LogP contribution in [0.5, 0.6) is 0 Å². The number of rotatable bonds is 4. The Labute approximate surface area is 102 Å². The molecule has 1 saturated heterocycles. The summed E-state index contributed by atoms with van der Waals surface area (Å²) in [6, 6.07) is 0. The van der Waals surface area contributed by atoms with Gasteiger partial charge in [-0.3, -0.25) is 9.59 Å². The molecule has 0 bridgehead atoms. The van der Waals surface area contributed by atoms with E-state index in [1.54, 1.807) is 0 Å². The molecule has 0 aliphatic carbocycles. The number of ether oxygens (including phenoxy) is 1. The average Bonchev–Trinajstić information content (AvgIpc) is 2.91. The number of carboxylic acid groups (broad SMARTS) is 1. The summed E-state index contributed by atoms with van der Waals surface area (Å²) in [6.07, 6.45) is 0.740. The Balaban J connectivity index is 1.98. The molecule has 18 heavy (non-hydrogen) atoms. The highest BCUT2D eigenvalue weighted by molar-refractivity contribution is 5.90. The molecule has 0 atom stereocenters. The van der Waals surface area contributed by atoms with E-state index in [4.69, 9.17) is 4.74 Å². The fourth-order valence-electron chi connectivity index (χ4n) is 1.81. The third-order valence-corrected chi connectivity index (χ3v) is 3.04. The first-order valence-corrected chi connectivity index (χ1v) is 5.47. The van der Waals surface area contributed by atoms with Gasteiger partial charge in [-0.25, -0.2) is 0 Å². The number of carbonyl (C=O) groups is 2. The number of hydrogen-bond acceptors (Lipinski definition) is 6. The van der Waals surface area contributed by atoms with E-state index in [0.29, 0.717) is 26.1 Å². The lowest BCUT2D eigenvalue weighted by Gasteiger charge is -2.32. The van der Waals surface area contributed by atoms with Crippen LogP contribution in [0.2, 0.25) is 0 Å². The van der Waals surface area contributed by atoms with Gasteiger partial charge in [-0.05, 0) is 18.1 Å². The van der Waals surface area contributed by atoms with Gasteiger partial charge in [0.15, 0.2) is 0 Å². The third-order valence-electron chi connectivity index (χ3n) is 3.04. The summed E-state index contributed by atoms with van der Waals surface area (Å²) in [7, 11) is 0. The van der Waals surface area contributed by atoms with Gasteiger partial charge in [0.05, 0.1) is 5.41 Å². The summed E-state index contributed by atoms with van der Waals surface area (Å²) in [5.74, 6) is -1.59. The Morgan fingerprint density at radius 2 is 2.17 bits per heavy atom. The zero-order valence-corrected chi connectivity index (χ0v) is 9.55. The van der Waals surface area contributed by atoms with Crippen LogP contribution in [0.25, 0.3) is 0 Å². The van der Waals surface area contributed by atoms with Crippen molar-refractivity contribution in [1.29, 1.82) is 0 Å². The van der Waals surface area contributed by atoms with Crippen molar-refractivity contribution in [3.8, 4) is 0 Å². The van der Waals surface area contributed by atoms with Gasteiger partial charge in [-0.15, -0.1) is 10.2 Å². The maximum Gasteiger partial charge on any atom is 0.311 e. The topological polar surface area (TPSA) is 130 Å². The smallest absolute Gasteiger partial charge is 0.311 e. The molecule has 98 valence electrons. The first-order chi connectivity index (χ1) is 8.64. The highest BCUT2D eigenvalue weighted by Crippen LogP contribution is 2.30. The van der Waals surface area contributed by atoms with Crippen LogP contribution in [0.15, 0.2) is 0 Å². The van der Waals surface area contributed by atoms with E-state index in [1.807, 2.05) is 0 Å². The Morgan fingerprint density at radius 3 is 2.72 bits per heavy atom. The molecule has 9 heteroatoms. The standard InChI is InChI=1S/C9H13N5O4/c15-7(6-11-13-14-12-6)10-5-9(8(16)17)1-3-18-4-2-9/h1-5H2,(H,10,15)(H,16,17)(H,11,12,13,14). The molecule has 0 spiro atoms. The molecule has 1 aromatic heterocycles. The molecule has 0 saturated carbocycles. The van der Waals surface area contributed by atoms with E-state index in [2.05, 4.69) is 25.9 Å². The number of nitrogens with one attached hydrogen (secondary N) is 2. The predicted molar refractivity (Wildman–Crippen MR) is 56.6 cm³/mol. The monoisotopic (exact) mass is 255 g/mol. The van der Waals surface area contributed by atoms with Crippen LogP contribution in [0.4, 0.5) is 0 Å². The van der Waals surface area contributed by atoms with E-state index in [0.717, 1.165) is 0 Å². The normalized spacial score (nSPS) is 18.2. The van der Waals surface area contributed by atoms with Crippen molar-refractivity contribution in [2.24, 2.45) is 5.41 Å². The molecule has 1 aromatic rings. The van der Waals surface area contributed by atoms with Crippen LogP contribution in [0.1, 0.15) is 23.5 Å². The number of aliphatic carboxylic acids is 1. The zero-order valence-electron chi connectivity index (χ0n) is 9.55. The molecular formula is C9H13N5O4. The van der Waals surface area contributed by atoms with Crippen LogP contribution in [0, 0.1) is 5.41 Å². The van der Waals surface area contributed by atoms with Gasteiger partial charge in [-0.1, -0.05) is 0 Å². The molecule has 0 unspecified atom stereocenters. The molecule has 1 aliphatic rings. The maximum absolute atomic E-state index is 11.6. The minimum Gasteiger partial charge on any atom is -0.481 e. The van der Waals surface area contributed by atoms with Crippen LogP contribution < -0.4 is 5.32 Å². The number of aromatic amines is 1. The average molecular weight is 255 g/mol. The summed E-state index contributed by atoms with van der Waals surface area (Å²) in [5, 5.41) is 24.2. The fraction of sp³-hybridized carbons (Fsp3) is 0.667. The van der Waals surface area contributed by atoms with Gasteiger partial charge < -0.3 is 15.2 Å². The van der Waals surface area contributed by atoms with E-state index < -0.39 is 17.3 Å². The minimum absolute atomic E-state index is 0.0269. The first kappa shape index (κ1) is 12.4. The second-order valence-corrected chi connectivity index (χ2v) is 4.12. The number of tetrazole rings is 1. The lowest BCUT2D eigenvalue weighted by atomic mass is 9.80. The van der Waals surface area contributed by atoms with Gasteiger partial charge in [0, 0.05) is 19.8 Å². The second kappa shape index (κ2) is 5.08. The summed E-state index contributed by atoms with van der Waals surface area (Å²) in [6.45, 7) is 0.786. The van der Waals surface area contributed by atoms with Crippen LogP contribution in [-0.4, -0.2) is 57.4 Å². The van der Waals surface area contributed by atoms with Crippen LogP contribution >= 0.6 is 0 Å². The summed E-state index contributed by atoms with van der Waals surface area (Å²) < 4.78 is 5.14. The third kappa shape index (κ3) is 2.45. The SMILES string of the molecule is O=C(NCC1(C(=O)O)CCOCC1)c1nn[nH]n1. The molecule has 2 rings (SSSR count). The number of carboxylic acids is 1. The van der Waals surface area contributed by atoms with Crippen molar-refractivity contribution in [3.05, 3.63) is 5.82 Å². The summed E-state index contributed by atoms with van der Waals surface area (Å²) >= 11 is 0. The van der Waals surface area contributed by atoms with Crippen molar-refractivity contribution >= 4 is 11.9 Å². The number of hydrogen-bond donors (Lipinski definition) is 3. The number of H-pyrrole nitrogens is 1. The highest BCUT2D eigenvalue weighted by atomic mass is 16.5. The maximum atomic E-state index is 11.6. The van der Waals surface area contributed by atoms with Crippen molar-refractivity contribution in [3.63, 3.8) is 0 Å². The zero-order chi connectivity index (χ0) is 13.0. The van der Waals surface area contributed by atoms with Gasteiger partial charge in [-0.2, -0.15) is 5.21 Å². The Kier molecular flexibility index (Phi) is 3.51.